The maximum Gasteiger partial charge on any atom is 1.00 e. The molecule has 0 amide bonds. The third-order valence-corrected chi connectivity index (χ3v) is 7.01. The molecule has 3 N–H and O–H groups in total. The Balaban J connectivity index is 0. The van der Waals surface area contributed by atoms with Gasteiger partial charge in [0.05, 0.1) is 6.42 Å². The van der Waals surface area contributed by atoms with E-state index in [9.17, 15) is 18.0 Å². The first kappa shape index (κ1) is 39.0. The third-order valence-electron chi connectivity index (χ3n) is 5.92. The van der Waals surface area contributed by atoms with Crippen LogP contribution in [0.15, 0.2) is 30.3 Å². The van der Waals surface area contributed by atoms with Gasteiger partial charge in [-0.15, -0.1) is 0 Å². The van der Waals surface area contributed by atoms with Crippen molar-refractivity contribution < 1.29 is 67.1 Å². The second-order valence-electron chi connectivity index (χ2n) is 9.38. The third kappa shape index (κ3) is 23.9. The van der Waals surface area contributed by atoms with Crippen LogP contribution in [-0.4, -0.2) is 46.5 Å². The molecule has 214 valence electrons. The summed E-state index contributed by atoms with van der Waals surface area (Å²) in [4.78, 5) is 20.0. The van der Waals surface area contributed by atoms with Gasteiger partial charge in [0.15, 0.2) is 5.25 Å². The van der Waals surface area contributed by atoms with Crippen molar-refractivity contribution in [1.29, 1.82) is 0 Å². The fourth-order valence-corrected chi connectivity index (χ4v) is 4.40. The second-order valence-corrected chi connectivity index (χ2v) is 11.0. The van der Waals surface area contributed by atoms with E-state index in [4.69, 9.17) is 19.5 Å². The van der Waals surface area contributed by atoms with Crippen molar-refractivity contribution in [2.75, 3.05) is 0 Å². The SMILES string of the molecule is O=C(O)CC(C(=O)O)S(=O)(=O)O.[CH2-]C(CCCCCCCCCCCCCCCC)Oc1ccccc1.[Na+]. The summed E-state index contributed by atoms with van der Waals surface area (Å²) < 4.78 is 34.5. The van der Waals surface area contributed by atoms with Crippen LogP contribution in [0.4, 0.5) is 0 Å². The van der Waals surface area contributed by atoms with Crippen LogP contribution >= 0.6 is 0 Å². The minimum absolute atomic E-state index is 0. The molecule has 10 heteroatoms. The summed E-state index contributed by atoms with van der Waals surface area (Å²) in [7, 11) is -4.84. The van der Waals surface area contributed by atoms with Crippen molar-refractivity contribution >= 4 is 22.1 Å². The number of ether oxygens (including phenoxy) is 1. The largest absolute Gasteiger partial charge is 1.00 e. The zero-order valence-electron chi connectivity index (χ0n) is 23.4. The molecule has 0 radical (unpaired) electrons. The Labute approximate surface area is 252 Å². The van der Waals surface area contributed by atoms with Gasteiger partial charge in [0.2, 0.25) is 0 Å². The van der Waals surface area contributed by atoms with E-state index in [0.29, 0.717) is 0 Å². The summed E-state index contributed by atoms with van der Waals surface area (Å²) in [5.41, 5.74) is 0. The van der Waals surface area contributed by atoms with Gasteiger partial charge in [-0.25, -0.2) is 0 Å². The Morgan fingerprint density at radius 2 is 1.24 bits per heavy atom. The molecular formula is C28H47NaO8S. The summed E-state index contributed by atoms with van der Waals surface area (Å²) in [5, 5.41) is 13.9. The van der Waals surface area contributed by atoms with Gasteiger partial charge in [0.25, 0.3) is 10.1 Å². The van der Waals surface area contributed by atoms with Crippen molar-refractivity contribution in [2.24, 2.45) is 0 Å². The molecular weight excluding hydrogens is 519 g/mol. The first-order valence-electron chi connectivity index (χ1n) is 13.5. The fraction of sp³-hybridized carbons (Fsp3) is 0.679. The molecule has 0 saturated carbocycles. The van der Waals surface area contributed by atoms with Gasteiger partial charge in [-0.05, 0) is 24.7 Å². The van der Waals surface area contributed by atoms with Crippen LogP contribution < -0.4 is 34.3 Å². The van der Waals surface area contributed by atoms with E-state index < -0.39 is 33.7 Å². The molecule has 1 aromatic carbocycles. The van der Waals surface area contributed by atoms with Crippen molar-refractivity contribution in [1.82, 2.24) is 0 Å². The molecule has 0 bridgehead atoms. The molecule has 0 aliphatic heterocycles. The van der Waals surface area contributed by atoms with Gasteiger partial charge in [-0.1, -0.05) is 115 Å². The van der Waals surface area contributed by atoms with Crippen molar-refractivity contribution in [3.8, 4) is 5.75 Å². The molecule has 2 atom stereocenters. The van der Waals surface area contributed by atoms with Gasteiger partial charge < -0.3 is 21.9 Å². The van der Waals surface area contributed by atoms with Gasteiger partial charge >= 0.3 is 41.5 Å². The minimum Gasteiger partial charge on any atom is -0.522 e. The molecule has 0 saturated heterocycles. The average molecular weight is 567 g/mol. The molecule has 0 aliphatic rings. The summed E-state index contributed by atoms with van der Waals surface area (Å²) in [5.74, 6) is -2.56. The van der Waals surface area contributed by atoms with Crippen molar-refractivity contribution in [3.05, 3.63) is 37.3 Å². The Morgan fingerprint density at radius 3 is 1.58 bits per heavy atom. The van der Waals surface area contributed by atoms with E-state index in [-0.39, 0.29) is 35.7 Å². The predicted octanol–water partition coefficient (Wildman–Crippen LogP) is 3.95. The van der Waals surface area contributed by atoms with Crippen LogP contribution in [0.5, 0.6) is 5.75 Å². The number of carboxylic acids is 2. The topological polar surface area (TPSA) is 138 Å². The molecule has 0 heterocycles. The Hall–Kier alpha value is -1.13. The number of hydrogen-bond acceptors (Lipinski definition) is 5. The molecule has 1 aromatic rings. The summed E-state index contributed by atoms with van der Waals surface area (Å²) in [6.07, 6.45) is 19.7. The monoisotopic (exact) mass is 566 g/mol. The molecule has 38 heavy (non-hydrogen) atoms. The van der Waals surface area contributed by atoms with Gasteiger partial charge in [0, 0.05) is 0 Å². The molecule has 0 aliphatic carbocycles. The number of carboxylic acid groups (broad SMARTS) is 2. The first-order chi connectivity index (χ1) is 17.6. The van der Waals surface area contributed by atoms with Gasteiger partial charge in [0.1, 0.15) is 5.75 Å². The van der Waals surface area contributed by atoms with E-state index >= 15 is 0 Å². The fourth-order valence-electron chi connectivity index (χ4n) is 3.80. The summed E-state index contributed by atoms with van der Waals surface area (Å²) in [6.45, 7) is 6.40. The van der Waals surface area contributed by atoms with Gasteiger partial charge in [-0.2, -0.15) is 8.42 Å². The van der Waals surface area contributed by atoms with Crippen LogP contribution in [0, 0.1) is 6.92 Å². The van der Waals surface area contributed by atoms with E-state index in [1.54, 1.807) is 0 Å². The van der Waals surface area contributed by atoms with Crippen LogP contribution in [0.1, 0.15) is 110 Å². The number of para-hydroxylation sites is 1. The molecule has 0 spiro atoms. The molecule has 2 unspecified atom stereocenters. The number of aliphatic carboxylic acids is 2. The Morgan fingerprint density at radius 1 is 0.816 bits per heavy atom. The molecule has 0 fully saturated rings. The minimum atomic E-state index is -4.84. The zero-order chi connectivity index (χ0) is 27.9. The number of benzene rings is 1. The Kier molecular flexibility index (Phi) is 25.5. The molecule has 8 nitrogen and oxygen atoms in total. The first-order valence-corrected chi connectivity index (χ1v) is 15.0. The van der Waals surface area contributed by atoms with E-state index in [2.05, 4.69) is 13.8 Å². The summed E-state index contributed by atoms with van der Waals surface area (Å²) >= 11 is 0. The maximum atomic E-state index is 10.2. The van der Waals surface area contributed by atoms with E-state index in [1.807, 2.05) is 30.3 Å². The Bertz CT molecular complexity index is 817. The quantitative estimate of drug-likeness (QED) is 0.0880. The van der Waals surface area contributed by atoms with Crippen molar-refractivity contribution in [2.45, 2.75) is 121 Å². The molecule has 0 aromatic heterocycles. The average Bonchev–Trinajstić information content (AvgIpc) is 2.83. The standard InChI is InChI=1S/C24H41O.C4H6O7S.Na/c1-3-4-5-6-7-8-9-10-11-12-13-14-15-17-20-23(2)25-24-21-18-16-19-22-24;5-3(6)1-2(4(7)8)12(9,10)11;/h16,18-19,21-23H,2-15,17,20H2,1H3;2H,1H2,(H,5,6)(H,7,8)(H,9,10,11);/q-1;;+1. The smallest absolute Gasteiger partial charge is 0.522 e. The van der Waals surface area contributed by atoms with Gasteiger partial charge in [-0.3, -0.25) is 14.1 Å². The van der Waals surface area contributed by atoms with Crippen LogP contribution in [0.2, 0.25) is 0 Å². The van der Waals surface area contributed by atoms with Crippen molar-refractivity contribution in [3.63, 3.8) is 0 Å². The number of carbonyl (C=O) groups is 2. The maximum absolute atomic E-state index is 10.2. The van der Waals surface area contributed by atoms with Crippen LogP contribution in [-0.2, 0) is 19.7 Å². The predicted molar refractivity (Wildman–Crippen MR) is 146 cm³/mol. The van der Waals surface area contributed by atoms with E-state index in [0.717, 1.165) is 12.2 Å². The zero-order valence-corrected chi connectivity index (χ0v) is 26.2. The van der Waals surface area contributed by atoms with Crippen LogP contribution in [0.25, 0.3) is 0 Å². The molecule has 1 rings (SSSR count). The van der Waals surface area contributed by atoms with Crippen LogP contribution in [0.3, 0.4) is 0 Å². The summed E-state index contributed by atoms with van der Waals surface area (Å²) in [6, 6.07) is 10.0. The van der Waals surface area contributed by atoms with E-state index in [1.165, 1.54) is 89.9 Å². The number of unbranched alkanes of at least 4 members (excludes halogenated alkanes) is 13. The normalized spacial score (nSPS) is 12.4. The number of hydrogen-bond donors (Lipinski definition) is 3. The second kappa shape index (κ2) is 24.9. The number of rotatable bonds is 21.